The lowest BCUT2D eigenvalue weighted by Crippen LogP contribution is -2.30. The van der Waals surface area contributed by atoms with Crippen LogP contribution < -0.4 is 15.9 Å². The number of aryl methyl sites for hydroxylation is 2. The fourth-order valence-corrected chi connectivity index (χ4v) is 2.81. The standard InChI is InChI=1S/C19H25FN2/c1-12(2)11-16-17(8-7-13(3)18(16)20)21-15(5)19-14(4)9-10-22(19)6/h7-10,12,21H,4,11H2,1-3,5-6H3/b19-15-. The van der Waals surface area contributed by atoms with Gasteiger partial charge in [0.05, 0.1) is 5.35 Å². The van der Waals surface area contributed by atoms with Gasteiger partial charge in [-0.15, -0.1) is 0 Å². The molecule has 0 aliphatic heterocycles. The summed E-state index contributed by atoms with van der Waals surface area (Å²) in [5.41, 5.74) is 3.27. The molecule has 0 aliphatic carbocycles. The van der Waals surface area contributed by atoms with Gasteiger partial charge in [-0.3, -0.25) is 0 Å². The highest BCUT2D eigenvalue weighted by atomic mass is 19.1. The summed E-state index contributed by atoms with van der Waals surface area (Å²) in [6.45, 7) is 12.1. The van der Waals surface area contributed by atoms with Crippen LogP contribution in [0.25, 0.3) is 12.3 Å². The van der Waals surface area contributed by atoms with Gasteiger partial charge >= 0.3 is 0 Å². The van der Waals surface area contributed by atoms with Crippen molar-refractivity contribution in [3.05, 3.63) is 51.9 Å². The van der Waals surface area contributed by atoms with Crippen LogP contribution in [0.15, 0.2) is 24.4 Å². The first-order chi connectivity index (χ1) is 10.3. The second-order valence-corrected chi connectivity index (χ2v) is 6.37. The van der Waals surface area contributed by atoms with Crippen molar-refractivity contribution in [2.24, 2.45) is 13.0 Å². The fraction of sp³-hybridized carbons (Fsp3) is 0.368. The van der Waals surface area contributed by atoms with Crippen LogP contribution in [0.5, 0.6) is 0 Å². The number of hydrogen-bond donors (Lipinski definition) is 1. The Bertz CT molecular complexity index is 784. The van der Waals surface area contributed by atoms with E-state index in [2.05, 4.69) is 25.7 Å². The zero-order valence-corrected chi connectivity index (χ0v) is 14.1. The molecule has 0 unspecified atom stereocenters. The summed E-state index contributed by atoms with van der Waals surface area (Å²) in [5.74, 6) is 0.295. The maximum atomic E-state index is 14.5. The predicted molar refractivity (Wildman–Crippen MR) is 92.6 cm³/mol. The molecule has 118 valence electrons. The van der Waals surface area contributed by atoms with E-state index in [4.69, 9.17) is 0 Å². The third kappa shape index (κ3) is 3.24. The normalized spacial score (nSPS) is 12.7. The summed E-state index contributed by atoms with van der Waals surface area (Å²) in [6.07, 6.45) is 2.70. The first-order valence-corrected chi connectivity index (χ1v) is 7.67. The number of halogens is 1. The van der Waals surface area contributed by atoms with Gasteiger partial charge in [-0.25, -0.2) is 4.39 Å². The van der Waals surface area contributed by atoms with Crippen LogP contribution in [0.4, 0.5) is 10.1 Å². The van der Waals surface area contributed by atoms with Gasteiger partial charge in [0.2, 0.25) is 0 Å². The van der Waals surface area contributed by atoms with Crippen LogP contribution in [-0.2, 0) is 13.5 Å². The van der Waals surface area contributed by atoms with Crippen molar-refractivity contribution < 1.29 is 4.39 Å². The molecule has 2 nitrogen and oxygen atoms in total. The first-order valence-electron chi connectivity index (χ1n) is 7.67. The molecule has 2 rings (SSSR count). The molecule has 1 heterocycles. The minimum Gasteiger partial charge on any atom is -0.357 e. The molecule has 0 amide bonds. The lowest BCUT2D eigenvalue weighted by Gasteiger charge is -2.16. The van der Waals surface area contributed by atoms with Crippen molar-refractivity contribution in [3.63, 3.8) is 0 Å². The van der Waals surface area contributed by atoms with Crippen LogP contribution in [0.1, 0.15) is 31.9 Å². The quantitative estimate of drug-likeness (QED) is 0.916. The largest absolute Gasteiger partial charge is 0.357 e. The third-order valence-electron chi connectivity index (χ3n) is 3.88. The van der Waals surface area contributed by atoms with Gasteiger partial charge in [0.15, 0.2) is 0 Å². The van der Waals surface area contributed by atoms with Crippen LogP contribution in [0.3, 0.4) is 0 Å². The SMILES string of the molecule is C=c1ccn(C)/c1=C(/C)Nc1ccc(C)c(F)c1CC(C)C. The topological polar surface area (TPSA) is 17.0 Å². The number of aromatic nitrogens is 1. The molecular formula is C19H25FN2. The number of anilines is 1. The minimum absolute atomic E-state index is 0.103. The van der Waals surface area contributed by atoms with E-state index in [-0.39, 0.29) is 5.82 Å². The van der Waals surface area contributed by atoms with Crippen LogP contribution in [0.2, 0.25) is 0 Å². The molecule has 0 atom stereocenters. The lowest BCUT2D eigenvalue weighted by atomic mass is 9.98. The molecule has 2 aromatic rings. The molecule has 0 radical (unpaired) electrons. The van der Waals surface area contributed by atoms with Gasteiger partial charge < -0.3 is 9.88 Å². The van der Waals surface area contributed by atoms with Crippen LogP contribution >= 0.6 is 0 Å². The molecule has 3 heteroatoms. The summed E-state index contributed by atoms with van der Waals surface area (Å²) >= 11 is 0. The van der Waals surface area contributed by atoms with Gasteiger partial charge in [-0.1, -0.05) is 26.5 Å². The Morgan fingerprint density at radius 3 is 2.55 bits per heavy atom. The highest BCUT2D eigenvalue weighted by molar-refractivity contribution is 5.66. The molecule has 0 saturated carbocycles. The average Bonchev–Trinajstić information content (AvgIpc) is 2.77. The fourth-order valence-electron chi connectivity index (χ4n) is 2.81. The molecule has 0 aliphatic rings. The van der Waals surface area contributed by atoms with Crippen LogP contribution in [-0.4, -0.2) is 4.57 Å². The first kappa shape index (κ1) is 16.3. The van der Waals surface area contributed by atoms with Gasteiger partial charge in [0.1, 0.15) is 5.82 Å². The van der Waals surface area contributed by atoms with Crippen molar-refractivity contribution in [3.8, 4) is 0 Å². The Morgan fingerprint density at radius 1 is 1.32 bits per heavy atom. The van der Waals surface area contributed by atoms with E-state index in [1.807, 2.05) is 49.9 Å². The lowest BCUT2D eigenvalue weighted by molar-refractivity contribution is 0.569. The van der Waals surface area contributed by atoms with Gasteiger partial charge in [0.25, 0.3) is 0 Å². The van der Waals surface area contributed by atoms with Crippen molar-refractivity contribution in [2.45, 2.75) is 34.1 Å². The molecule has 1 N–H and O–H groups in total. The van der Waals surface area contributed by atoms with E-state index in [1.54, 1.807) is 0 Å². The Kier molecular flexibility index (Phi) is 4.74. The molecule has 1 aromatic carbocycles. The minimum atomic E-state index is -0.103. The van der Waals surface area contributed by atoms with E-state index in [0.29, 0.717) is 17.9 Å². The maximum absolute atomic E-state index is 14.5. The van der Waals surface area contributed by atoms with Crippen molar-refractivity contribution in [1.29, 1.82) is 0 Å². The van der Waals surface area contributed by atoms with E-state index in [0.717, 1.165) is 27.5 Å². The van der Waals surface area contributed by atoms with Crippen molar-refractivity contribution in [2.75, 3.05) is 5.32 Å². The number of nitrogens with zero attached hydrogens (tertiary/aromatic N) is 1. The molecular weight excluding hydrogens is 275 g/mol. The Balaban J connectivity index is 2.53. The highest BCUT2D eigenvalue weighted by Crippen LogP contribution is 2.26. The average molecular weight is 300 g/mol. The van der Waals surface area contributed by atoms with E-state index < -0.39 is 0 Å². The number of benzene rings is 1. The van der Waals surface area contributed by atoms with Gasteiger partial charge in [-0.2, -0.15) is 0 Å². The van der Waals surface area contributed by atoms with E-state index in [9.17, 15) is 4.39 Å². The number of rotatable bonds is 4. The third-order valence-corrected chi connectivity index (χ3v) is 3.88. The second-order valence-electron chi connectivity index (χ2n) is 6.37. The zero-order valence-electron chi connectivity index (χ0n) is 14.1. The van der Waals surface area contributed by atoms with E-state index in [1.165, 1.54) is 0 Å². The number of nitrogens with one attached hydrogen (secondary N) is 1. The van der Waals surface area contributed by atoms with Gasteiger partial charge in [0, 0.05) is 30.2 Å². The molecule has 0 spiro atoms. The molecule has 0 fully saturated rings. The highest BCUT2D eigenvalue weighted by Gasteiger charge is 2.13. The van der Waals surface area contributed by atoms with Crippen molar-refractivity contribution in [1.82, 2.24) is 4.57 Å². The summed E-state index contributed by atoms with van der Waals surface area (Å²) in [7, 11) is 1.99. The van der Waals surface area contributed by atoms with Crippen molar-refractivity contribution >= 4 is 18.0 Å². The summed E-state index contributed by atoms with van der Waals surface area (Å²) in [6, 6.07) is 5.77. The Labute approximate surface area is 132 Å². The number of hydrogen-bond acceptors (Lipinski definition) is 1. The molecule has 22 heavy (non-hydrogen) atoms. The predicted octanol–water partition coefficient (Wildman–Crippen LogP) is 3.32. The van der Waals surface area contributed by atoms with E-state index >= 15 is 0 Å². The maximum Gasteiger partial charge on any atom is 0.131 e. The Morgan fingerprint density at radius 2 is 2.00 bits per heavy atom. The summed E-state index contributed by atoms with van der Waals surface area (Å²) < 4.78 is 16.5. The monoisotopic (exact) mass is 300 g/mol. The van der Waals surface area contributed by atoms with Gasteiger partial charge in [-0.05, 0) is 49.1 Å². The zero-order chi connectivity index (χ0) is 16.4. The molecule has 0 bridgehead atoms. The summed E-state index contributed by atoms with van der Waals surface area (Å²) in [5, 5.41) is 5.39. The smallest absolute Gasteiger partial charge is 0.131 e. The van der Waals surface area contributed by atoms with Crippen LogP contribution in [0, 0.1) is 18.7 Å². The molecule has 1 aromatic heterocycles. The Hall–Kier alpha value is -2.03. The summed E-state index contributed by atoms with van der Waals surface area (Å²) in [4.78, 5) is 0. The molecule has 0 saturated heterocycles. The second kappa shape index (κ2) is 6.39.